The molecule has 2 atom stereocenters. The highest BCUT2D eigenvalue weighted by molar-refractivity contribution is 6.01. The van der Waals surface area contributed by atoms with E-state index in [1.807, 2.05) is 13.0 Å². The first-order valence-electron chi connectivity index (χ1n) is 12.5. The number of allylic oxidation sites excluding steroid dienone is 1. The Labute approximate surface area is 217 Å². The molecule has 3 rings (SSSR count). The number of halogens is 1. The highest BCUT2D eigenvalue weighted by atomic mass is 19.1. The van der Waals surface area contributed by atoms with Crippen molar-refractivity contribution in [2.75, 3.05) is 6.54 Å². The summed E-state index contributed by atoms with van der Waals surface area (Å²) in [5.74, 6) is -1.29. The molecule has 2 unspecified atom stereocenters. The highest BCUT2D eigenvalue weighted by Gasteiger charge is 2.39. The highest BCUT2D eigenvalue weighted by Crippen LogP contribution is 2.39. The lowest BCUT2D eigenvalue weighted by molar-refractivity contribution is -0.134. The van der Waals surface area contributed by atoms with Crippen molar-refractivity contribution in [3.63, 3.8) is 0 Å². The van der Waals surface area contributed by atoms with Gasteiger partial charge in [-0.15, -0.1) is 0 Å². The summed E-state index contributed by atoms with van der Waals surface area (Å²) in [5.41, 5.74) is 8.74. The van der Waals surface area contributed by atoms with Crippen molar-refractivity contribution in [3.05, 3.63) is 82.2 Å². The number of primary amides is 1. The van der Waals surface area contributed by atoms with Gasteiger partial charge >= 0.3 is 0 Å². The molecule has 1 heterocycles. The van der Waals surface area contributed by atoms with E-state index in [-0.39, 0.29) is 54.3 Å². The number of nitrogens with two attached hydrogens (primary N) is 1. The summed E-state index contributed by atoms with van der Waals surface area (Å²) in [7, 11) is 0. The third-order valence-corrected chi connectivity index (χ3v) is 6.81. The van der Waals surface area contributed by atoms with Crippen LogP contribution in [0.15, 0.2) is 54.1 Å². The summed E-state index contributed by atoms with van der Waals surface area (Å²) in [6.07, 6.45) is 3.25. The molecule has 7 nitrogen and oxygen atoms in total. The fourth-order valence-corrected chi connectivity index (χ4v) is 4.95. The lowest BCUT2D eigenvalue weighted by Crippen LogP contribution is -2.45. The molecular weight excluding hydrogens is 471 g/mol. The second-order valence-corrected chi connectivity index (χ2v) is 9.98. The molecule has 1 aliphatic rings. The minimum Gasteiger partial charge on any atom is -0.366 e. The van der Waals surface area contributed by atoms with E-state index in [1.165, 1.54) is 18.2 Å². The normalized spacial score (nSPS) is 17.7. The molecule has 4 N–H and O–H groups in total. The molecule has 37 heavy (non-hydrogen) atoms. The predicted octanol–water partition coefficient (Wildman–Crippen LogP) is 4.25. The van der Waals surface area contributed by atoms with Crippen LogP contribution in [0.2, 0.25) is 0 Å². The number of nitrogens with one attached hydrogen (secondary N) is 2. The van der Waals surface area contributed by atoms with E-state index < -0.39 is 5.91 Å². The van der Waals surface area contributed by atoms with Crippen molar-refractivity contribution in [1.29, 1.82) is 5.41 Å². The number of hydrogen-bond donors (Lipinski definition) is 3. The van der Waals surface area contributed by atoms with Gasteiger partial charge in [0.25, 0.3) is 5.91 Å². The number of likely N-dealkylation sites (tertiary alicyclic amines) is 1. The third-order valence-electron chi connectivity index (χ3n) is 6.81. The largest absolute Gasteiger partial charge is 0.366 e. The van der Waals surface area contributed by atoms with Crippen LogP contribution >= 0.6 is 0 Å². The Balaban J connectivity index is 1.71. The Hall–Kier alpha value is -3.81. The van der Waals surface area contributed by atoms with Crippen LogP contribution in [0, 0.1) is 24.1 Å². The molecule has 1 fully saturated rings. The number of rotatable bonds is 9. The van der Waals surface area contributed by atoms with Crippen LogP contribution in [0.1, 0.15) is 66.7 Å². The number of nitrogens with zero attached hydrogens (tertiary/aromatic N) is 1. The smallest absolute Gasteiger partial charge is 0.251 e. The molecule has 0 aliphatic carbocycles. The fraction of sp³-hybridized carbons (Fsp3) is 0.379. The molecule has 0 spiro atoms. The van der Waals surface area contributed by atoms with Gasteiger partial charge in [0.05, 0.1) is 12.6 Å². The van der Waals surface area contributed by atoms with Crippen molar-refractivity contribution in [2.24, 2.45) is 11.7 Å². The van der Waals surface area contributed by atoms with Gasteiger partial charge in [-0.2, -0.15) is 0 Å². The van der Waals surface area contributed by atoms with E-state index in [2.05, 4.69) is 19.2 Å². The predicted molar refractivity (Wildman–Crippen MR) is 142 cm³/mol. The van der Waals surface area contributed by atoms with Crippen LogP contribution < -0.4 is 11.1 Å². The van der Waals surface area contributed by atoms with E-state index in [0.29, 0.717) is 11.1 Å². The Morgan fingerprint density at radius 3 is 2.51 bits per heavy atom. The number of benzene rings is 2. The van der Waals surface area contributed by atoms with Crippen molar-refractivity contribution in [2.45, 2.75) is 59.0 Å². The van der Waals surface area contributed by atoms with E-state index in [0.717, 1.165) is 29.5 Å². The van der Waals surface area contributed by atoms with E-state index in [1.54, 1.807) is 36.1 Å². The number of amides is 3. The van der Waals surface area contributed by atoms with Gasteiger partial charge in [-0.25, -0.2) is 4.39 Å². The molecule has 0 aromatic heterocycles. The van der Waals surface area contributed by atoms with Gasteiger partial charge in [-0.1, -0.05) is 32.0 Å². The van der Waals surface area contributed by atoms with Crippen LogP contribution in [-0.2, 0) is 16.0 Å². The van der Waals surface area contributed by atoms with Crippen LogP contribution in [0.5, 0.6) is 0 Å². The van der Waals surface area contributed by atoms with Crippen LogP contribution in [0.25, 0.3) is 0 Å². The monoisotopic (exact) mass is 506 g/mol. The zero-order valence-electron chi connectivity index (χ0n) is 21.8. The molecular formula is C29H35FN4O3. The average Bonchev–Trinajstić information content (AvgIpc) is 3.28. The van der Waals surface area contributed by atoms with E-state index in [9.17, 15) is 18.8 Å². The Morgan fingerprint density at radius 1 is 1.19 bits per heavy atom. The van der Waals surface area contributed by atoms with Gasteiger partial charge in [0.1, 0.15) is 5.82 Å². The molecule has 0 bridgehead atoms. The molecule has 0 saturated carbocycles. The van der Waals surface area contributed by atoms with Gasteiger partial charge in [0, 0.05) is 29.3 Å². The van der Waals surface area contributed by atoms with E-state index in [4.69, 9.17) is 11.1 Å². The summed E-state index contributed by atoms with van der Waals surface area (Å²) >= 11 is 0. The molecule has 2 aromatic rings. The maximum Gasteiger partial charge on any atom is 0.251 e. The van der Waals surface area contributed by atoms with Gasteiger partial charge < -0.3 is 21.4 Å². The van der Waals surface area contributed by atoms with Crippen molar-refractivity contribution in [3.8, 4) is 0 Å². The first kappa shape index (κ1) is 27.8. The van der Waals surface area contributed by atoms with Crippen molar-refractivity contribution < 1.29 is 18.8 Å². The lowest BCUT2D eigenvalue weighted by atomic mass is 9.97. The Morgan fingerprint density at radius 2 is 1.92 bits per heavy atom. The minimum atomic E-state index is -0.593. The van der Waals surface area contributed by atoms with Crippen LogP contribution in [-0.4, -0.2) is 40.9 Å². The molecule has 3 amide bonds. The molecule has 8 heteroatoms. The summed E-state index contributed by atoms with van der Waals surface area (Å²) in [5, 5.41) is 10.3. The standard InChI is InChI=1S/C29H35FN4O3/c1-17(2)25-10-11-26(21-6-5-7-24(30)15-21)34(25)27(35)16-33-29(37)22-9-8-20(18(3)12-22)14-23(28(32)36)13-19(4)31/h5-9,12-13,15,17,25-26,31H,10-11,14,16H2,1-4H3,(H2,32,36)(H,33,37)/b23-13-,31-19?. The second-order valence-electron chi connectivity index (χ2n) is 9.98. The maximum atomic E-state index is 13.9. The number of hydrogen-bond acceptors (Lipinski definition) is 4. The van der Waals surface area contributed by atoms with Crippen molar-refractivity contribution >= 4 is 23.4 Å². The topological polar surface area (TPSA) is 116 Å². The number of aryl methyl sites for hydroxylation is 1. The number of carbonyl (C=O) groups excluding carboxylic acids is 3. The zero-order valence-corrected chi connectivity index (χ0v) is 21.8. The van der Waals surface area contributed by atoms with Gasteiger partial charge in [-0.05, 0) is 79.6 Å². The van der Waals surface area contributed by atoms with Crippen molar-refractivity contribution in [1.82, 2.24) is 10.2 Å². The Bertz CT molecular complexity index is 1240. The zero-order chi connectivity index (χ0) is 27.3. The lowest BCUT2D eigenvalue weighted by Gasteiger charge is -2.33. The van der Waals surface area contributed by atoms with E-state index >= 15 is 0 Å². The minimum absolute atomic E-state index is 0.0105. The molecule has 1 saturated heterocycles. The SMILES string of the molecule is CC(=N)/C=C(/Cc1ccc(C(=O)NCC(=O)N2C(c3cccc(F)c3)CCC2C(C)C)cc1C)C(N)=O. The third kappa shape index (κ3) is 6.90. The quantitative estimate of drug-likeness (QED) is 0.349. The van der Waals surface area contributed by atoms with Crippen LogP contribution in [0.4, 0.5) is 4.39 Å². The van der Waals surface area contributed by atoms with Gasteiger partial charge in [0.15, 0.2) is 0 Å². The first-order chi connectivity index (χ1) is 17.5. The summed E-state index contributed by atoms with van der Waals surface area (Å²) in [4.78, 5) is 39.7. The maximum absolute atomic E-state index is 13.9. The summed E-state index contributed by atoms with van der Waals surface area (Å²) in [6, 6.07) is 11.2. The fourth-order valence-electron chi connectivity index (χ4n) is 4.95. The van der Waals surface area contributed by atoms with Gasteiger partial charge in [-0.3, -0.25) is 14.4 Å². The summed E-state index contributed by atoms with van der Waals surface area (Å²) in [6.45, 7) is 7.35. The Kier molecular flexibility index (Phi) is 8.97. The first-order valence-corrected chi connectivity index (χ1v) is 12.5. The second kappa shape index (κ2) is 12.0. The number of carbonyl (C=O) groups is 3. The molecule has 196 valence electrons. The van der Waals surface area contributed by atoms with Gasteiger partial charge in [0.2, 0.25) is 11.8 Å². The molecule has 1 aliphatic heterocycles. The molecule has 0 radical (unpaired) electrons. The van der Waals surface area contributed by atoms with Crippen LogP contribution in [0.3, 0.4) is 0 Å². The summed E-state index contributed by atoms with van der Waals surface area (Å²) < 4.78 is 13.9. The average molecular weight is 507 g/mol. The molecule has 2 aromatic carbocycles.